The molecule has 0 unspecified atom stereocenters. The van der Waals surface area contributed by atoms with Gasteiger partial charge < -0.3 is 21.7 Å². The lowest BCUT2D eigenvalue weighted by Gasteiger charge is -2.07. The van der Waals surface area contributed by atoms with E-state index in [1.807, 2.05) is 12.1 Å². The highest BCUT2D eigenvalue weighted by Gasteiger charge is 2.05. The third kappa shape index (κ3) is 8.08. The van der Waals surface area contributed by atoms with Crippen molar-refractivity contribution in [3.05, 3.63) is 48.5 Å². The number of unbranched alkanes of at least 4 members (excludes halogenated alkanes) is 5. The third-order valence-electron chi connectivity index (χ3n) is 4.57. The number of aryl methyl sites for hydroxylation is 3. The number of methoxy groups -OCH3 is 1. The van der Waals surface area contributed by atoms with Crippen molar-refractivity contribution < 1.29 is 26.3 Å². The fourth-order valence-electron chi connectivity index (χ4n) is 3.12. The predicted molar refractivity (Wildman–Crippen MR) is 99.3 cm³/mol. The lowest BCUT2D eigenvalue weighted by molar-refractivity contribution is -0.696. The molecule has 0 atom stereocenters. The summed E-state index contributed by atoms with van der Waals surface area (Å²) in [6.45, 7) is 4.51. The van der Waals surface area contributed by atoms with Crippen LogP contribution in [-0.2, 0) is 19.5 Å². The number of nitrogens with zero attached hydrogens (tertiary/aromatic N) is 2. The van der Waals surface area contributed by atoms with Crippen LogP contribution in [0.5, 0.6) is 5.75 Å². The van der Waals surface area contributed by atoms with Gasteiger partial charge >= 0.3 is 0 Å². The van der Waals surface area contributed by atoms with E-state index in [0.717, 1.165) is 25.3 Å². The van der Waals surface area contributed by atoms with Crippen molar-refractivity contribution in [3.8, 4) is 5.75 Å². The Morgan fingerprint density at radius 2 is 1.80 bits per heavy atom. The SMILES string of the molecule is CCCCCCC[n+]1ccn(CCCCc2ccccc2OC)c1.[Br-]. The van der Waals surface area contributed by atoms with Crippen molar-refractivity contribution in [1.29, 1.82) is 0 Å². The van der Waals surface area contributed by atoms with Crippen molar-refractivity contribution >= 4 is 0 Å². The summed E-state index contributed by atoms with van der Waals surface area (Å²) in [4.78, 5) is 0. The second kappa shape index (κ2) is 13.0. The van der Waals surface area contributed by atoms with E-state index in [1.165, 1.54) is 50.5 Å². The lowest BCUT2D eigenvalue weighted by atomic mass is 10.1. The second-order valence-corrected chi connectivity index (χ2v) is 6.57. The van der Waals surface area contributed by atoms with Gasteiger partial charge in [-0.05, 0) is 43.7 Å². The van der Waals surface area contributed by atoms with Crippen molar-refractivity contribution in [2.75, 3.05) is 7.11 Å². The van der Waals surface area contributed by atoms with E-state index in [4.69, 9.17) is 4.74 Å². The zero-order chi connectivity index (χ0) is 17.0. The van der Waals surface area contributed by atoms with Gasteiger partial charge in [0.15, 0.2) is 0 Å². The molecule has 4 heteroatoms. The molecule has 1 aromatic carbocycles. The van der Waals surface area contributed by atoms with E-state index >= 15 is 0 Å². The highest BCUT2D eigenvalue weighted by Crippen LogP contribution is 2.19. The molecule has 0 aliphatic heterocycles. The first-order valence-electron chi connectivity index (χ1n) is 9.50. The molecule has 1 heterocycles. The minimum Gasteiger partial charge on any atom is -1.00 e. The van der Waals surface area contributed by atoms with Gasteiger partial charge in [-0.2, -0.15) is 0 Å². The third-order valence-corrected chi connectivity index (χ3v) is 4.57. The van der Waals surface area contributed by atoms with E-state index in [2.05, 4.69) is 46.9 Å². The summed E-state index contributed by atoms with van der Waals surface area (Å²) in [7, 11) is 1.75. The molecule has 0 amide bonds. The molecule has 140 valence electrons. The minimum atomic E-state index is 0. The Hall–Kier alpha value is -1.29. The Morgan fingerprint density at radius 1 is 1.00 bits per heavy atom. The summed E-state index contributed by atoms with van der Waals surface area (Å²) in [5.74, 6) is 1.01. The monoisotopic (exact) mass is 408 g/mol. The van der Waals surface area contributed by atoms with Crippen LogP contribution in [0.15, 0.2) is 43.0 Å². The van der Waals surface area contributed by atoms with Gasteiger partial charge in [-0.1, -0.05) is 44.4 Å². The maximum absolute atomic E-state index is 5.42. The number of para-hydroxylation sites is 1. The van der Waals surface area contributed by atoms with Crippen molar-refractivity contribution in [1.82, 2.24) is 4.57 Å². The topological polar surface area (TPSA) is 18.0 Å². The summed E-state index contributed by atoms with van der Waals surface area (Å²) in [5, 5.41) is 0. The average molecular weight is 409 g/mol. The van der Waals surface area contributed by atoms with Crippen LogP contribution in [0.1, 0.15) is 57.4 Å². The van der Waals surface area contributed by atoms with Gasteiger partial charge in [0.1, 0.15) is 18.1 Å². The summed E-state index contributed by atoms with van der Waals surface area (Å²) >= 11 is 0. The number of ether oxygens (including phenoxy) is 1. The van der Waals surface area contributed by atoms with Crippen LogP contribution >= 0.6 is 0 Å². The Labute approximate surface area is 163 Å². The van der Waals surface area contributed by atoms with Gasteiger partial charge in [-0.15, -0.1) is 0 Å². The number of imidazole rings is 1. The molecule has 2 rings (SSSR count). The van der Waals surface area contributed by atoms with Gasteiger partial charge in [0.25, 0.3) is 0 Å². The number of hydrogen-bond acceptors (Lipinski definition) is 1. The molecular formula is C21H33BrN2O. The van der Waals surface area contributed by atoms with Crippen molar-refractivity contribution in [3.63, 3.8) is 0 Å². The van der Waals surface area contributed by atoms with Gasteiger partial charge in [0.05, 0.1) is 20.2 Å². The van der Waals surface area contributed by atoms with E-state index in [-0.39, 0.29) is 17.0 Å². The first-order chi connectivity index (χ1) is 11.8. The lowest BCUT2D eigenvalue weighted by Crippen LogP contribution is -3.00. The minimum absolute atomic E-state index is 0. The molecule has 1 aromatic heterocycles. The van der Waals surface area contributed by atoms with Crippen molar-refractivity contribution in [2.45, 2.75) is 71.4 Å². The normalized spacial score (nSPS) is 10.5. The van der Waals surface area contributed by atoms with E-state index in [0.29, 0.717) is 0 Å². The maximum Gasteiger partial charge on any atom is 0.243 e. The average Bonchev–Trinajstić information content (AvgIpc) is 3.06. The van der Waals surface area contributed by atoms with E-state index < -0.39 is 0 Å². The molecular weight excluding hydrogens is 376 g/mol. The largest absolute Gasteiger partial charge is 1.00 e. The zero-order valence-corrected chi connectivity index (χ0v) is 17.4. The summed E-state index contributed by atoms with van der Waals surface area (Å²) in [6.07, 6.45) is 16.9. The molecule has 0 N–H and O–H groups in total. The van der Waals surface area contributed by atoms with Crippen LogP contribution in [0.2, 0.25) is 0 Å². The molecule has 25 heavy (non-hydrogen) atoms. The summed E-state index contributed by atoms with van der Waals surface area (Å²) in [6, 6.07) is 8.34. The molecule has 0 bridgehead atoms. The Bertz CT molecular complexity index is 583. The number of benzene rings is 1. The number of halogens is 1. The van der Waals surface area contributed by atoms with Crippen molar-refractivity contribution in [2.24, 2.45) is 0 Å². The van der Waals surface area contributed by atoms with Crippen LogP contribution < -0.4 is 26.3 Å². The molecule has 0 spiro atoms. The number of rotatable bonds is 12. The van der Waals surface area contributed by atoms with Crippen LogP contribution in [0, 0.1) is 0 Å². The fraction of sp³-hybridized carbons (Fsp3) is 0.571. The van der Waals surface area contributed by atoms with Gasteiger partial charge in [0, 0.05) is 0 Å². The Balaban J connectivity index is 0.00000312. The zero-order valence-electron chi connectivity index (χ0n) is 15.8. The standard InChI is InChI=1S/C21H33N2O.BrH/c1-3-4-5-6-10-15-22-17-18-23(19-22)16-11-9-13-20-12-7-8-14-21(20)24-2;/h7-8,12,14,17-19H,3-6,9-11,13,15-16H2,1-2H3;1H/q+1;/p-1. The van der Waals surface area contributed by atoms with Gasteiger partial charge in [0.2, 0.25) is 6.33 Å². The maximum atomic E-state index is 5.42. The quantitative estimate of drug-likeness (QED) is 0.386. The van der Waals surface area contributed by atoms with Gasteiger partial charge in [-0.3, -0.25) is 0 Å². The molecule has 0 radical (unpaired) electrons. The molecule has 0 saturated heterocycles. The highest BCUT2D eigenvalue weighted by molar-refractivity contribution is 5.33. The summed E-state index contributed by atoms with van der Waals surface area (Å²) in [5.41, 5.74) is 1.31. The Kier molecular flexibility index (Phi) is 11.3. The van der Waals surface area contributed by atoms with E-state index in [9.17, 15) is 0 Å². The number of aromatic nitrogens is 2. The van der Waals surface area contributed by atoms with Crippen LogP contribution in [0.3, 0.4) is 0 Å². The van der Waals surface area contributed by atoms with E-state index in [1.54, 1.807) is 7.11 Å². The fourth-order valence-corrected chi connectivity index (χ4v) is 3.12. The Morgan fingerprint density at radius 3 is 2.60 bits per heavy atom. The second-order valence-electron chi connectivity index (χ2n) is 6.57. The molecule has 0 saturated carbocycles. The predicted octanol–water partition coefficient (Wildman–Crippen LogP) is 1.78. The molecule has 0 aliphatic rings. The molecule has 2 aromatic rings. The first-order valence-corrected chi connectivity index (χ1v) is 9.50. The first kappa shape index (κ1) is 21.8. The smallest absolute Gasteiger partial charge is 0.243 e. The number of hydrogen-bond donors (Lipinski definition) is 0. The van der Waals surface area contributed by atoms with Crippen LogP contribution in [0.25, 0.3) is 0 Å². The van der Waals surface area contributed by atoms with Gasteiger partial charge in [-0.25, -0.2) is 9.13 Å². The highest BCUT2D eigenvalue weighted by atomic mass is 79.9. The molecule has 3 nitrogen and oxygen atoms in total. The van der Waals surface area contributed by atoms with Crippen LogP contribution in [0.4, 0.5) is 0 Å². The molecule has 0 aliphatic carbocycles. The molecule has 0 fully saturated rings. The summed E-state index contributed by atoms with van der Waals surface area (Å²) < 4.78 is 10.1. The van der Waals surface area contributed by atoms with Crippen LogP contribution in [-0.4, -0.2) is 11.7 Å².